The molecule has 7 N–H and O–H groups in total. The summed E-state index contributed by atoms with van der Waals surface area (Å²) < 4.78 is 0. The first-order valence-electron chi connectivity index (χ1n) is 1.12. The fourth-order valence-corrected chi connectivity index (χ4v) is 0. The van der Waals surface area contributed by atoms with Crippen molar-refractivity contribution in [3.05, 3.63) is 0 Å². The molecule has 0 aromatic rings. The van der Waals surface area contributed by atoms with Gasteiger partial charge in [0.25, 0.3) is 0 Å². The zero-order chi connectivity index (χ0) is 2.71. The number of rotatable bonds is 0. The Kier molecular flexibility index (Phi) is 1300. The van der Waals surface area contributed by atoms with Crippen LogP contribution in [0.2, 0.25) is 0 Å². The summed E-state index contributed by atoms with van der Waals surface area (Å²) in [6.45, 7) is 2.65. The van der Waals surface area contributed by atoms with Crippen LogP contribution in [0.15, 0.2) is 0 Å². The van der Waals surface area contributed by atoms with Gasteiger partial charge in [0.15, 0.2) is 0 Å². The predicted octanol–water partition coefficient (Wildman–Crippen LogP) is -6.22. The molecular formula is C2H12Cl2N2O2Pt-2. The number of hydrogen-bond donors (Lipinski definition) is 2. The Bertz CT molecular complexity index is 20.5. The fourth-order valence-electron chi connectivity index (χ4n) is 0. The van der Waals surface area contributed by atoms with Crippen molar-refractivity contribution in [2.75, 3.05) is 6.54 Å². The average molecular weight is 362 g/mol. The van der Waals surface area contributed by atoms with Gasteiger partial charge in [-0.15, -0.1) is 0 Å². The van der Waals surface area contributed by atoms with E-state index in [2.05, 4.69) is 0 Å². The zero-order valence-electron chi connectivity index (χ0n) is 4.96. The van der Waals surface area contributed by atoms with E-state index in [1.807, 2.05) is 6.92 Å². The molecule has 0 amide bonds. The molecule has 0 unspecified atom stereocenters. The Morgan fingerprint density at radius 1 is 1.11 bits per heavy atom. The maximum atomic E-state index is 4.85. The molecule has 4 nitrogen and oxygen atoms in total. The van der Waals surface area contributed by atoms with Crippen LogP contribution in [0, 0.1) is 0 Å². The van der Waals surface area contributed by atoms with Crippen molar-refractivity contribution in [1.82, 2.24) is 6.15 Å². The minimum absolute atomic E-state index is 0. The third kappa shape index (κ3) is 375. The van der Waals surface area contributed by atoms with E-state index in [4.69, 9.17) is 5.73 Å². The van der Waals surface area contributed by atoms with Crippen LogP contribution in [0.5, 0.6) is 0 Å². The van der Waals surface area contributed by atoms with Crippen molar-refractivity contribution in [2.24, 2.45) is 5.73 Å². The molecule has 0 saturated carbocycles. The van der Waals surface area contributed by atoms with Crippen LogP contribution < -0.4 is 36.7 Å². The second-order valence-electron chi connectivity index (χ2n) is 0.408. The molecule has 0 aliphatic rings. The van der Waals surface area contributed by atoms with E-state index < -0.39 is 0 Å². The molecule has 0 aliphatic heterocycles. The van der Waals surface area contributed by atoms with Crippen molar-refractivity contribution < 1.29 is 56.8 Å². The van der Waals surface area contributed by atoms with Gasteiger partial charge in [-0.1, -0.05) is 6.92 Å². The first-order chi connectivity index (χ1) is 1.41. The minimum atomic E-state index is 0. The summed E-state index contributed by atoms with van der Waals surface area (Å²) in [7, 11) is 0. The predicted molar refractivity (Wildman–Crippen MR) is 23.6 cm³/mol. The van der Waals surface area contributed by atoms with E-state index in [1.54, 1.807) is 0 Å². The van der Waals surface area contributed by atoms with Crippen LogP contribution in [-0.4, -0.2) is 17.5 Å². The molecule has 0 spiro atoms. The molecule has 0 fully saturated rings. The van der Waals surface area contributed by atoms with Crippen LogP contribution in [0.1, 0.15) is 6.92 Å². The SMILES string of the molecule is CCN.N.[Cl-].[Cl-].[OH-].[OH-].[Pt+2]. The maximum absolute atomic E-state index is 4.85. The topological polar surface area (TPSA) is 121 Å². The molecule has 68 valence electrons. The smallest absolute Gasteiger partial charge is 1.00 e. The van der Waals surface area contributed by atoms with Crippen LogP contribution >= 0.6 is 0 Å². The van der Waals surface area contributed by atoms with Gasteiger partial charge in [0.1, 0.15) is 0 Å². The van der Waals surface area contributed by atoms with Crippen molar-refractivity contribution in [1.29, 1.82) is 0 Å². The molecule has 9 heavy (non-hydrogen) atoms. The summed E-state index contributed by atoms with van der Waals surface area (Å²) in [6.07, 6.45) is 0. The minimum Gasteiger partial charge on any atom is -1.00 e. The molecule has 0 atom stereocenters. The van der Waals surface area contributed by atoms with Gasteiger partial charge in [0, 0.05) is 0 Å². The molecule has 0 aromatic carbocycles. The van der Waals surface area contributed by atoms with Crippen molar-refractivity contribution in [2.45, 2.75) is 6.92 Å². The van der Waals surface area contributed by atoms with Crippen molar-refractivity contribution in [3.63, 3.8) is 0 Å². The molecule has 0 bridgehead atoms. The van der Waals surface area contributed by atoms with Gasteiger partial charge in [-0.05, 0) is 6.54 Å². The second kappa shape index (κ2) is 135. The van der Waals surface area contributed by atoms with Gasteiger partial charge in [-0.2, -0.15) is 0 Å². The van der Waals surface area contributed by atoms with Crippen molar-refractivity contribution in [3.8, 4) is 0 Å². The summed E-state index contributed by atoms with van der Waals surface area (Å²) in [5, 5.41) is 0. The van der Waals surface area contributed by atoms with E-state index in [-0.39, 0.29) is 63.0 Å². The number of halogens is 2. The molecule has 0 heterocycles. The van der Waals surface area contributed by atoms with Gasteiger partial charge >= 0.3 is 21.1 Å². The first-order valence-corrected chi connectivity index (χ1v) is 1.12. The van der Waals surface area contributed by atoms with Crippen LogP contribution in [0.25, 0.3) is 0 Å². The Labute approximate surface area is 82.2 Å². The summed E-state index contributed by atoms with van der Waals surface area (Å²) in [5.74, 6) is 0. The summed E-state index contributed by atoms with van der Waals surface area (Å²) in [5.41, 5.74) is 4.85. The Hall–Kier alpha value is 1.11. The van der Waals surface area contributed by atoms with E-state index in [0.29, 0.717) is 0 Å². The average Bonchev–Trinajstić information content (AvgIpc) is 0.918. The normalized spacial score (nSPS) is 2.00. The monoisotopic (exact) mass is 361 g/mol. The van der Waals surface area contributed by atoms with Gasteiger partial charge in [0.2, 0.25) is 0 Å². The molecule has 0 saturated heterocycles. The largest absolute Gasteiger partial charge is 2.00 e. The molecule has 7 heteroatoms. The number of nitrogens with two attached hydrogens (primary N) is 1. The molecule has 0 aliphatic carbocycles. The molecule has 0 aromatic heterocycles. The molecule has 0 radical (unpaired) electrons. The summed E-state index contributed by atoms with van der Waals surface area (Å²) >= 11 is 0. The van der Waals surface area contributed by atoms with Gasteiger partial charge in [0.05, 0.1) is 0 Å². The quantitative estimate of drug-likeness (QED) is 0.445. The summed E-state index contributed by atoms with van der Waals surface area (Å²) in [6, 6.07) is 0. The summed E-state index contributed by atoms with van der Waals surface area (Å²) in [4.78, 5) is 0. The van der Waals surface area contributed by atoms with Crippen LogP contribution in [0.3, 0.4) is 0 Å². The fraction of sp³-hybridized carbons (Fsp3) is 1.00. The van der Waals surface area contributed by atoms with Crippen LogP contribution in [-0.2, 0) is 21.1 Å². The number of hydrogen-bond acceptors (Lipinski definition) is 4. The first kappa shape index (κ1) is 86.8. The van der Waals surface area contributed by atoms with Gasteiger partial charge < -0.3 is 47.7 Å². The van der Waals surface area contributed by atoms with E-state index >= 15 is 0 Å². The van der Waals surface area contributed by atoms with Crippen LogP contribution in [0.4, 0.5) is 0 Å². The van der Waals surface area contributed by atoms with Crippen molar-refractivity contribution >= 4 is 0 Å². The Morgan fingerprint density at radius 3 is 1.11 bits per heavy atom. The Morgan fingerprint density at radius 2 is 1.11 bits per heavy atom. The third-order valence-corrected chi connectivity index (χ3v) is 0. The molecule has 0 rings (SSSR count). The van der Waals surface area contributed by atoms with E-state index in [0.717, 1.165) is 6.54 Å². The van der Waals surface area contributed by atoms with E-state index in [1.165, 1.54) is 0 Å². The van der Waals surface area contributed by atoms with E-state index in [9.17, 15) is 0 Å². The zero-order valence-corrected chi connectivity index (χ0v) is 8.74. The second-order valence-corrected chi connectivity index (χ2v) is 0.408. The third-order valence-electron chi connectivity index (χ3n) is 0. The Balaban J connectivity index is -0.00000000133. The standard InChI is InChI=1S/C2H7N.2ClH.H3N.2H2O.Pt/c1-2-3;;;;;;/h2-3H2,1H3;2*1H;1H3;2*1H2;/q;;;;;;+2/p-4. The van der Waals surface area contributed by atoms with Gasteiger partial charge in [-0.3, -0.25) is 0 Å². The van der Waals surface area contributed by atoms with Gasteiger partial charge in [-0.25, -0.2) is 0 Å². The maximum Gasteiger partial charge on any atom is 2.00 e. The molecular weight excluding hydrogens is 350 g/mol.